The second kappa shape index (κ2) is 6.19. The number of primary amides is 1. The molecule has 17 heavy (non-hydrogen) atoms. The van der Waals surface area contributed by atoms with Gasteiger partial charge in [0.15, 0.2) is 0 Å². The number of carbonyl (C=O) groups excluding carboxylic acids is 3. The highest BCUT2D eigenvalue weighted by Gasteiger charge is 2.27. The SMILES string of the molecule is CNC(=O)C(CC(N)=O)NC(=O)C1CCCN1. The van der Waals surface area contributed by atoms with E-state index in [4.69, 9.17) is 5.73 Å². The Bertz CT molecular complexity index is 313. The molecule has 5 N–H and O–H groups in total. The Morgan fingerprint density at radius 3 is 2.65 bits per heavy atom. The highest BCUT2D eigenvalue weighted by Crippen LogP contribution is 2.05. The Labute approximate surface area is 99.5 Å². The van der Waals surface area contributed by atoms with Gasteiger partial charge < -0.3 is 21.7 Å². The van der Waals surface area contributed by atoms with Gasteiger partial charge >= 0.3 is 0 Å². The zero-order valence-corrected chi connectivity index (χ0v) is 9.79. The first-order valence-corrected chi connectivity index (χ1v) is 5.58. The van der Waals surface area contributed by atoms with Gasteiger partial charge in [-0.15, -0.1) is 0 Å². The Morgan fingerprint density at radius 2 is 2.18 bits per heavy atom. The lowest BCUT2D eigenvalue weighted by molar-refractivity contribution is -0.131. The maximum absolute atomic E-state index is 11.8. The van der Waals surface area contributed by atoms with Crippen LogP contribution in [0.1, 0.15) is 19.3 Å². The van der Waals surface area contributed by atoms with Crippen LogP contribution in [0.2, 0.25) is 0 Å². The van der Waals surface area contributed by atoms with Crippen LogP contribution in [0, 0.1) is 0 Å². The molecule has 2 unspecified atom stereocenters. The largest absolute Gasteiger partial charge is 0.370 e. The molecule has 1 aliphatic heterocycles. The lowest BCUT2D eigenvalue weighted by Crippen LogP contribution is -2.52. The molecular formula is C10H18N4O3. The van der Waals surface area contributed by atoms with Crippen LogP contribution in [0.25, 0.3) is 0 Å². The molecule has 7 nitrogen and oxygen atoms in total. The van der Waals surface area contributed by atoms with Crippen molar-refractivity contribution in [3.05, 3.63) is 0 Å². The zero-order chi connectivity index (χ0) is 12.8. The molecule has 1 heterocycles. The minimum Gasteiger partial charge on any atom is -0.370 e. The summed E-state index contributed by atoms with van der Waals surface area (Å²) in [5, 5.41) is 7.92. The van der Waals surface area contributed by atoms with Crippen molar-refractivity contribution in [2.75, 3.05) is 13.6 Å². The number of carbonyl (C=O) groups is 3. The maximum atomic E-state index is 11.8. The van der Waals surface area contributed by atoms with E-state index in [2.05, 4.69) is 16.0 Å². The molecule has 1 fully saturated rings. The summed E-state index contributed by atoms with van der Waals surface area (Å²) in [6.45, 7) is 0.790. The summed E-state index contributed by atoms with van der Waals surface area (Å²) in [5.41, 5.74) is 5.03. The second-order valence-electron chi connectivity index (χ2n) is 3.99. The molecule has 0 aromatic rings. The summed E-state index contributed by atoms with van der Waals surface area (Å²) in [4.78, 5) is 34.0. The Hall–Kier alpha value is -1.63. The van der Waals surface area contributed by atoms with Gasteiger partial charge in [-0.2, -0.15) is 0 Å². The number of nitrogens with two attached hydrogens (primary N) is 1. The van der Waals surface area contributed by atoms with Gasteiger partial charge in [0.25, 0.3) is 0 Å². The van der Waals surface area contributed by atoms with Crippen LogP contribution in [-0.2, 0) is 14.4 Å². The first kappa shape index (κ1) is 13.4. The van der Waals surface area contributed by atoms with E-state index in [1.807, 2.05) is 0 Å². The molecule has 0 aromatic carbocycles. The van der Waals surface area contributed by atoms with Crippen molar-refractivity contribution >= 4 is 17.7 Å². The van der Waals surface area contributed by atoms with Crippen LogP contribution in [0.4, 0.5) is 0 Å². The van der Waals surface area contributed by atoms with Crippen LogP contribution < -0.4 is 21.7 Å². The third-order valence-electron chi connectivity index (χ3n) is 2.66. The molecule has 3 amide bonds. The third-order valence-corrected chi connectivity index (χ3v) is 2.66. The van der Waals surface area contributed by atoms with Crippen molar-refractivity contribution < 1.29 is 14.4 Å². The molecule has 0 bridgehead atoms. The summed E-state index contributed by atoms with van der Waals surface area (Å²) in [7, 11) is 1.44. The van der Waals surface area contributed by atoms with Gasteiger partial charge in [0.05, 0.1) is 12.5 Å². The fourth-order valence-corrected chi connectivity index (χ4v) is 1.77. The summed E-state index contributed by atoms with van der Waals surface area (Å²) < 4.78 is 0. The smallest absolute Gasteiger partial charge is 0.242 e. The second-order valence-corrected chi connectivity index (χ2v) is 3.99. The van der Waals surface area contributed by atoms with Crippen molar-refractivity contribution in [3.8, 4) is 0 Å². The van der Waals surface area contributed by atoms with Gasteiger partial charge in [0.2, 0.25) is 17.7 Å². The van der Waals surface area contributed by atoms with Crippen molar-refractivity contribution in [1.82, 2.24) is 16.0 Å². The first-order chi connectivity index (χ1) is 8.04. The minimum absolute atomic E-state index is 0.196. The Balaban J connectivity index is 2.55. The van der Waals surface area contributed by atoms with Crippen LogP contribution in [0.5, 0.6) is 0 Å². The van der Waals surface area contributed by atoms with E-state index in [-0.39, 0.29) is 18.4 Å². The van der Waals surface area contributed by atoms with E-state index < -0.39 is 17.9 Å². The molecule has 0 radical (unpaired) electrons. The van der Waals surface area contributed by atoms with Crippen LogP contribution in [0.3, 0.4) is 0 Å². The fourth-order valence-electron chi connectivity index (χ4n) is 1.77. The average Bonchev–Trinajstić information content (AvgIpc) is 2.79. The van der Waals surface area contributed by atoms with Gasteiger partial charge in [-0.1, -0.05) is 0 Å². The van der Waals surface area contributed by atoms with Gasteiger partial charge in [-0.25, -0.2) is 0 Å². The average molecular weight is 242 g/mol. The fraction of sp³-hybridized carbons (Fsp3) is 0.700. The molecule has 96 valence electrons. The predicted octanol–water partition coefficient (Wildman–Crippen LogP) is -2.16. The van der Waals surface area contributed by atoms with E-state index in [0.717, 1.165) is 19.4 Å². The predicted molar refractivity (Wildman–Crippen MR) is 60.8 cm³/mol. The molecule has 1 rings (SSSR count). The lowest BCUT2D eigenvalue weighted by atomic mass is 10.1. The van der Waals surface area contributed by atoms with Crippen LogP contribution in [-0.4, -0.2) is 43.4 Å². The number of rotatable bonds is 5. The number of hydrogen-bond donors (Lipinski definition) is 4. The highest BCUT2D eigenvalue weighted by molar-refractivity contribution is 5.92. The van der Waals surface area contributed by atoms with Crippen LogP contribution >= 0.6 is 0 Å². The lowest BCUT2D eigenvalue weighted by Gasteiger charge is -2.18. The quantitative estimate of drug-likeness (QED) is 0.440. The molecule has 0 aliphatic carbocycles. The maximum Gasteiger partial charge on any atom is 0.242 e. The Morgan fingerprint density at radius 1 is 1.47 bits per heavy atom. The first-order valence-electron chi connectivity index (χ1n) is 5.58. The van der Waals surface area contributed by atoms with Gasteiger partial charge in [0.1, 0.15) is 6.04 Å². The molecule has 1 aliphatic rings. The topological polar surface area (TPSA) is 113 Å². The minimum atomic E-state index is -0.896. The zero-order valence-electron chi connectivity index (χ0n) is 9.79. The van der Waals surface area contributed by atoms with E-state index in [9.17, 15) is 14.4 Å². The summed E-state index contributed by atoms with van der Waals surface area (Å²) in [6, 6.07) is -1.18. The van der Waals surface area contributed by atoms with Crippen molar-refractivity contribution in [2.45, 2.75) is 31.3 Å². The molecule has 2 atom stereocenters. The van der Waals surface area contributed by atoms with Gasteiger partial charge in [-0.05, 0) is 19.4 Å². The molecule has 0 aromatic heterocycles. The highest BCUT2D eigenvalue weighted by atomic mass is 16.2. The standard InChI is InChI=1S/C10H18N4O3/c1-12-9(16)7(5-8(11)15)14-10(17)6-3-2-4-13-6/h6-7,13H,2-5H2,1H3,(H2,11,15)(H,12,16)(H,14,17). The summed E-state index contributed by atoms with van der Waals surface area (Å²) >= 11 is 0. The normalized spacial score (nSPS) is 20.6. The third kappa shape index (κ3) is 4.03. The molecule has 1 saturated heterocycles. The monoisotopic (exact) mass is 242 g/mol. The molecule has 7 heteroatoms. The van der Waals surface area contributed by atoms with Crippen molar-refractivity contribution in [2.24, 2.45) is 5.73 Å². The number of amides is 3. The van der Waals surface area contributed by atoms with E-state index >= 15 is 0 Å². The molecule has 0 saturated carbocycles. The van der Waals surface area contributed by atoms with E-state index in [0.29, 0.717) is 0 Å². The molecular weight excluding hydrogens is 224 g/mol. The number of likely N-dealkylation sites (N-methyl/N-ethyl adjacent to an activating group) is 1. The molecule has 0 spiro atoms. The van der Waals surface area contributed by atoms with Gasteiger partial charge in [-0.3, -0.25) is 14.4 Å². The van der Waals surface area contributed by atoms with Gasteiger partial charge in [0, 0.05) is 7.05 Å². The summed E-state index contributed by atoms with van der Waals surface area (Å²) in [5.74, 6) is -1.31. The van der Waals surface area contributed by atoms with Crippen molar-refractivity contribution in [1.29, 1.82) is 0 Å². The summed E-state index contributed by atoms with van der Waals surface area (Å²) in [6.07, 6.45) is 1.47. The van der Waals surface area contributed by atoms with E-state index in [1.165, 1.54) is 7.05 Å². The number of hydrogen-bond acceptors (Lipinski definition) is 4. The Kier molecular flexibility index (Phi) is 4.89. The van der Waals surface area contributed by atoms with Crippen molar-refractivity contribution in [3.63, 3.8) is 0 Å². The van der Waals surface area contributed by atoms with Crippen LogP contribution in [0.15, 0.2) is 0 Å². The van der Waals surface area contributed by atoms with E-state index in [1.54, 1.807) is 0 Å². The number of nitrogens with one attached hydrogen (secondary N) is 3.